The van der Waals surface area contributed by atoms with E-state index in [0.29, 0.717) is 5.82 Å². The van der Waals surface area contributed by atoms with Crippen LogP contribution in [0.2, 0.25) is 0 Å². The Morgan fingerprint density at radius 2 is 2.24 bits per heavy atom. The van der Waals surface area contributed by atoms with Crippen molar-refractivity contribution in [3.63, 3.8) is 0 Å². The Hall–Kier alpha value is -1.75. The van der Waals surface area contributed by atoms with Gasteiger partial charge in [-0.1, -0.05) is 24.6 Å². The molecule has 5 nitrogen and oxygen atoms in total. The lowest BCUT2D eigenvalue weighted by molar-refractivity contribution is 0.277. The van der Waals surface area contributed by atoms with Crippen LogP contribution < -0.4 is 5.32 Å². The van der Waals surface area contributed by atoms with E-state index in [4.69, 9.17) is 4.52 Å². The molecule has 2 aromatic rings. The second kappa shape index (κ2) is 5.56. The average Bonchev–Trinajstić information content (AvgIpc) is 3.08. The standard InChI is InChI=1S/C16H22N4O/c1-4-5-16(6-7-17-10-16)15-19-14(20-21-15)13-12(3)8-11(2)9-18-13/h8-9,17H,4-7,10H2,1-3H3. The third-order valence-corrected chi connectivity index (χ3v) is 4.28. The molecule has 1 saturated heterocycles. The van der Waals surface area contributed by atoms with Crippen LogP contribution in [0.3, 0.4) is 0 Å². The Kier molecular flexibility index (Phi) is 3.76. The molecular formula is C16H22N4O. The highest BCUT2D eigenvalue weighted by atomic mass is 16.5. The van der Waals surface area contributed by atoms with Crippen LogP contribution in [-0.4, -0.2) is 28.2 Å². The van der Waals surface area contributed by atoms with Gasteiger partial charge in [0.2, 0.25) is 11.7 Å². The molecule has 0 amide bonds. The van der Waals surface area contributed by atoms with Crippen molar-refractivity contribution in [2.24, 2.45) is 0 Å². The van der Waals surface area contributed by atoms with Gasteiger partial charge in [0.1, 0.15) is 5.69 Å². The molecule has 3 rings (SSSR count). The molecule has 1 fully saturated rings. The van der Waals surface area contributed by atoms with Gasteiger partial charge in [-0.15, -0.1) is 0 Å². The van der Waals surface area contributed by atoms with Gasteiger partial charge in [0, 0.05) is 12.7 Å². The Morgan fingerprint density at radius 3 is 2.90 bits per heavy atom. The second-order valence-corrected chi connectivity index (χ2v) is 6.06. The van der Waals surface area contributed by atoms with E-state index in [0.717, 1.165) is 55.1 Å². The molecule has 0 bridgehead atoms. The molecule has 1 atom stereocenters. The maximum atomic E-state index is 5.60. The zero-order valence-corrected chi connectivity index (χ0v) is 12.9. The van der Waals surface area contributed by atoms with Crippen LogP contribution >= 0.6 is 0 Å². The van der Waals surface area contributed by atoms with Crippen LogP contribution in [0.15, 0.2) is 16.8 Å². The number of nitrogens with one attached hydrogen (secondary N) is 1. The minimum Gasteiger partial charge on any atom is -0.338 e. The largest absolute Gasteiger partial charge is 0.338 e. The molecule has 1 unspecified atom stereocenters. The molecule has 112 valence electrons. The third kappa shape index (κ3) is 2.58. The summed E-state index contributed by atoms with van der Waals surface area (Å²) in [5, 5.41) is 7.59. The summed E-state index contributed by atoms with van der Waals surface area (Å²) in [6.45, 7) is 8.20. The maximum absolute atomic E-state index is 5.60. The summed E-state index contributed by atoms with van der Waals surface area (Å²) in [6, 6.07) is 2.09. The van der Waals surface area contributed by atoms with Gasteiger partial charge in [0.15, 0.2) is 0 Å². The molecule has 0 radical (unpaired) electrons. The molecule has 3 heterocycles. The van der Waals surface area contributed by atoms with Crippen LogP contribution in [0.1, 0.15) is 43.2 Å². The van der Waals surface area contributed by atoms with Crippen LogP contribution in [0.25, 0.3) is 11.5 Å². The number of hydrogen-bond donors (Lipinski definition) is 1. The van der Waals surface area contributed by atoms with E-state index in [1.807, 2.05) is 20.0 Å². The van der Waals surface area contributed by atoms with Crippen LogP contribution in [0, 0.1) is 13.8 Å². The number of nitrogens with zero attached hydrogens (tertiary/aromatic N) is 3. The lowest BCUT2D eigenvalue weighted by Gasteiger charge is -2.22. The number of pyridine rings is 1. The first-order chi connectivity index (χ1) is 10.1. The maximum Gasteiger partial charge on any atom is 0.234 e. The van der Waals surface area contributed by atoms with E-state index in [-0.39, 0.29) is 5.41 Å². The fourth-order valence-corrected chi connectivity index (χ4v) is 3.21. The van der Waals surface area contributed by atoms with Gasteiger partial charge in [-0.2, -0.15) is 4.98 Å². The number of aryl methyl sites for hydroxylation is 2. The van der Waals surface area contributed by atoms with E-state index in [1.54, 1.807) is 0 Å². The molecule has 0 aliphatic carbocycles. The minimum absolute atomic E-state index is 0.00139. The van der Waals surface area contributed by atoms with Gasteiger partial charge >= 0.3 is 0 Å². The Labute approximate surface area is 125 Å². The van der Waals surface area contributed by atoms with Crippen LogP contribution in [-0.2, 0) is 5.41 Å². The van der Waals surface area contributed by atoms with Crippen molar-refractivity contribution >= 4 is 0 Å². The van der Waals surface area contributed by atoms with E-state index in [2.05, 4.69) is 33.4 Å². The lowest BCUT2D eigenvalue weighted by Crippen LogP contribution is -2.29. The quantitative estimate of drug-likeness (QED) is 0.936. The molecule has 21 heavy (non-hydrogen) atoms. The van der Waals surface area contributed by atoms with E-state index in [9.17, 15) is 0 Å². The summed E-state index contributed by atoms with van der Waals surface area (Å²) in [7, 11) is 0. The highest BCUT2D eigenvalue weighted by Gasteiger charge is 2.40. The summed E-state index contributed by atoms with van der Waals surface area (Å²) < 4.78 is 5.60. The van der Waals surface area contributed by atoms with Crippen molar-refractivity contribution in [3.8, 4) is 11.5 Å². The van der Waals surface area contributed by atoms with E-state index >= 15 is 0 Å². The molecule has 1 aliphatic rings. The zero-order valence-electron chi connectivity index (χ0n) is 12.9. The number of rotatable bonds is 4. The first-order valence-corrected chi connectivity index (χ1v) is 7.63. The molecular weight excluding hydrogens is 264 g/mol. The van der Waals surface area contributed by atoms with E-state index in [1.165, 1.54) is 0 Å². The predicted molar refractivity (Wildman–Crippen MR) is 81.1 cm³/mol. The SMILES string of the molecule is CCCC1(c2nc(-c3ncc(C)cc3C)no2)CCNC1. The normalized spacial score (nSPS) is 21.9. The third-order valence-electron chi connectivity index (χ3n) is 4.28. The molecule has 1 N–H and O–H groups in total. The van der Waals surface area contributed by atoms with Gasteiger partial charge in [-0.3, -0.25) is 4.98 Å². The monoisotopic (exact) mass is 286 g/mol. The minimum atomic E-state index is -0.00139. The van der Waals surface area contributed by atoms with Crippen molar-refractivity contribution in [2.45, 2.75) is 45.4 Å². The fourth-order valence-electron chi connectivity index (χ4n) is 3.21. The summed E-state index contributed by atoms with van der Waals surface area (Å²) in [6.07, 6.45) is 5.09. The summed E-state index contributed by atoms with van der Waals surface area (Å²) in [5.74, 6) is 1.36. The highest BCUT2D eigenvalue weighted by Crippen LogP contribution is 2.35. The van der Waals surface area contributed by atoms with Crippen molar-refractivity contribution in [3.05, 3.63) is 29.3 Å². The summed E-state index contributed by atoms with van der Waals surface area (Å²) in [4.78, 5) is 9.12. The predicted octanol–water partition coefficient (Wildman–Crippen LogP) is 2.78. The van der Waals surface area contributed by atoms with Gasteiger partial charge in [-0.05, 0) is 44.4 Å². The first kappa shape index (κ1) is 14.2. The van der Waals surface area contributed by atoms with Gasteiger partial charge < -0.3 is 9.84 Å². The number of aromatic nitrogens is 3. The van der Waals surface area contributed by atoms with Crippen molar-refractivity contribution in [1.29, 1.82) is 0 Å². The second-order valence-electron chi connectivity index (χ2n) is 6.06. The zero-order chi connectivity index (χ0) is 14.9. The number of hydrogen-bond acceptors (Lipinski definition) is 5. The molecule has 0 spiro atoms. The van der Waals surface area contributed by atoms with Gasteiger partial charge in [0.05, 0.1) is 5.41 Å². The lowest BCUT2D eigenvalue weighted by atomic mass is 9.82. The Morgan fingerprint density at radius 1 is 1.38 bits per heavy atom. The Bertz CT molecular complexity index is 629. The topological polar surface area (TPSA) is 63.8 Å². The highest BCUT2D eigenvalue weighted by molar-refractivity contribution is 5.54. The van der Waals surface area contributed by atoms with Crippen molar-refractivity contribution < 1.29 is 4.52 Å². The van der Waals surface area contributed by atoms with Crippen molar-refractivity contribution in [1.82, 2.24) is 20.4 Å². The fraction of sp³-hybridized carbons (Fsp3) is 0.562. The molecule has 0 saturated carbocycles. The van der Waals surface area contributed by atoms with Gasteiger partial charge in [-0.25, -0.2) is 0 Å². The van der Waals surface area contributed by atoms with Crippen molar-refractivity contribution in [2.75, 3.05) is 13.1 Å². The van der Waals surface area contributed by atoms with E-state index < -0.39 is 0 Å². The molecule has 0 aromatic carbocycles. The molecule has 1 aliphatic heterocycles. The van der Waals surface area contributed by atoms with Crippen LogP contribution in [0.5, 0.6) is 0 Å². The Balaban J connectivity index is 1.95. The smallest absolute Gasteiger partial charge is 0.234 e. The molecule has 5 heteroatoms. The molecule has 2 aromatic heterocycles. The first-order valence-electron chi connectivity index (χ1n) is 7.63. The van der Waals surface area contributed by atoms with Gasteiger partial charge in [0.25, 0.3) is 0 Å². The van der Waals surface area contributed by atoms with Crippen LogP contribution in [0.4, 0.5) is 0 Å². The summed E-state index contributed by atoms with van der Waals surface area (Å²) >= 11 is 0. The average molecular weight is 286 g/mol. The summed E-state index contributed by atoms with van der Waals surface area (Å²) in [5.41, 5.74) is 3.03.